The molecule has 8 heteroatoms. The molecule has 0 N–H and O–H groups in total. The summed E-state index contributed by atoms with van der Waals surface area (Å²) in [4.78, 5) is 0. The fraction of sp³-hybridized carbons (Fsp3) is 1.00. The monoisotopic (exact) mass is 352 g/mol. The van der Waals surface area contributed by atoms with Gasteiger partial charge >= 0.3 is 34.2 Å². The molecule has 1 rings (SSSR count). The van der Waals surface area contributed by atoms with E-state index < -0.39 is 34.2 Å². The van der Waals surface area contributed by atoms with E-state index in [1.54, 1.807) is 0 Å². The topological polar surface area (TPSA) is 36.9 Å². The van der Waals surface area contributed by atoms with Crippen LogP contribution in [0.3, 0.4) is 0 Å². The van der Waals surface area contributed by atoms with E-state index in [1.807, 2.05) is 0 Å². The highest BCUT2D eigenvalue weighted by Gasteiger charge is 2.57. The van der Waals surface area contributed by atoms with Gasteiger partial charge in [-0.2, -0.15) is 0 Å². The second kappa shape index (κ2) is 5.41. The third-order valence-corrected chi connectivity index (χ3v) is 21.7. The predicted molar refractivity (Wildman–Crippen MR) is 92.7 cm³/mol. The maximum Gasteiger partial charge on any atom is 0.323 e. The summed E-state index contributed by atoms with van der Waals surface area (Å²) in [5, 5.41) is 0.0390. The van der Waals surface area contributed by atoms with Gasteiger partial charge in [-0.3, -0.25) is 0 Å². The Morgan fingerprint density at radius 1 is 0.650 bits per heavy atom. The van der Waals surface area contributed by atoms with Gasteiger partial charge in [0.05, 0.1) is 0 Å². The summed E-state index contributed by atoms with van der Waals surface area (Å²) in [6.45, 7) is 21.5. The zero-order valence-corrected chi connectivity index (χ0v) is 18.8. The van der Waals surface area contributed by atoms with Crippen LogP contribution in [0.1, 0.15) is 27.2 Å². The summed E-state index contributed by atoms with van der Waals surface area (Å²) >= 11 is 0. The Balaban J connectivity index is 3.22. The van der Waals surface area contributed by atoms with Crippen molar-refractivity contribution in [3.8, 4) is 0 Å². The minimum Gasteiger partial charge on any atom is -0.416 e. The molecule has 0 aromatic heterocycles. The average molecular weight is 353 g/mol. The molecule has 0 aliphatic carbocycles. The molecule has 0 bridgehead atoms. The fourth-order valence-corrected chi connectivity index (χ4v) is 24.8. The summed E-state index contributed by atoms with van der Waals surface area (Å²) in [5.74, 6) is 0. The Hall–Kier alpha value is 0.708. The van der Waals surface area contributed by atoms with Crippen LogP contribution < -0.4 is 0 Å². The van der Waals surface area contributed by atoms with Crippen LogP contribution in [0, 0.1) is 0 Å². The van der Waals surface area contributed by atoms with Crippen molar-refractivity contribution in [3.63, 3.8) is 0 Å². The van der Waals surface area contributed by atoms with Crippen LogP contribution >= 0.6 is 0 Å². The van der Waals surface area contributed by atoms with Crippen molar-refractivity contribution in [3.05, 3.63) is 0 Å². The molecular weight excluding hydrogens is 320 g/mol. The highest BCUT2D eigenvalue weighted by molar-refractivity contribution is 6.93. The first-order chi connectivity index (χ1) is 8.64. The molecule has 4 nitrogen and oxygen atoms in total. The van der Waals surface area contributed by atoms with Gasteiger partial charge in [-0.05, 0) is 52.2 Å². The molecule has 1 saturated heterocycles. The first kappa shape index (κ1) is 18.8. The van der Waals surface area contributed by atoms with Crippen LogP contribution in [0.15, 0.2) is 0 Å². The van der Waals surface area contributed by atoms with Crippen LogP contribution in [0.5, 0.6) is 0 Å². The predicted octanol–water partition coefficient (Wildman–Crippen LogP) is 4.43. The van der Waals surface area contributed by atoms with Crippen molar-refractivity contribution in [2.45, 2.75) is 78.1 Å². The van der Waals surface area contributed by atoms with Gasteiger partial charge in [0.2, 0.25) is 0 Å². The highest BCUT2D eigenvalue weighted by atomic mass is 28.5. The largest absolute Gasteiger partial charge is 0.416 e. The van der Waals surface area contributed by atoms with E-state index in [9.17, 15) is 0 Å². The molecule has 0 saturated carbocycles. The lowest BCUT2D eigenvalue weighted by atomic mass is 10.1. The minimum atomic E-state index is -2.38. The molecule has 0 aromatic rings. The molecule has 1 heterocycles. The SMILES string of the molecule is CCC(C)(C)[Si]1(C)O[Si](C)(C)O[Si](C)(C)O[Si](C)(C)O1. The molecule has 20 heavy (non-hydrogen) atoms. The smallest absolute Gasteiger partial charge is 0.323 e. The van der Waals surface area contributed by atoms with Crippen LogP contribution in [-0.4, -0.2) is 34.2 Å². The van der Waals surface area contributed by atoms with Gasteiger partial charge < -0.3 is 16.5 Å². The Bertz CT molecular complexity index is 346. The fourth-order valence-electron chi connectivity index (χ4n) is 2.80. The van der Waals surface area contributed by atoms with E-state index in [0.717, 1.165) is 6.42 Å². The summed E-state index contributed by atoms with van der Waals surface area (Å²) in [6, 6.07) is 0. The standard InChI is InChI=1S/C12H32O4Si4/c1-11-12(2,3)20(10)15-18(6,7)13-17(4,5)14-19(8,9)16-20/h11H2,1-10H3. The van der Waals surface area contributed by atoms with Crippen LogP contribution in [0.2, 0.25) is 50.9 Å². The summed E-state index contributed by atoms with van der Waals surface area (Å²) in [7, 11) is -9.04. The van der Waals surface area contributed by atoms with E-state index in [2.05, 4.69) is 66.6 Å². The lowest BCUT2D eigenvalue weighted by Gasteiger charge is -2.52. The summed E-state index contributed by atoms with van der Waals surface area (Å²) < 4.78 is 26.0. The Morgan fingerprint density at radius 2 is 0.950 bits per heavy atom. The third-order valence-electron chi connectivity index (χ3n) is 3.98. The zero-order valence-electron chi connectivity index (χ0n) is 14.8. The van der Waals surface area contributed by atoms with Gasteiger partial charge in [-0.1, -0.05) is 20.8 Å². The van der Waals surface area contributed by atoms with Crippen LogP contribution in [0.4, 0.5) is 0 Å². The van der Waals surface area contributed by atoms with Crippen molar-refractivity contribution < 1.29 is 16.5 Å². The molecule has 0 aromatic carbocycles. The van der Waals surface area contributed by atoms with Crippen LogP contribution in [0.25, 0.3) is 0 Å². The lowest BCUT2D eigenvalue weighted by molar-refractivity contribution is 0.215. The molecule has 120 valence electrons. The van der Waals surface area contributed by atoms with Gasteiger partial charge in [0, 0.05) is 5.04 Å². The molecule has 0 unspecified atom stereocenters. The zero-order chi connectivity index (χ0) is 16.0. The second-order valence-electron chi connectivity index (χ2n) is 7.79. The van der Waals surface area contributed by atoms with Gasteiger partial charge in [0.25, 0.3) is 0 Å². The van der Waals surface area contributed by atoms with Crippen molar-refractivity contribution in [2.75, 3.05) is 0 Å². The quantitative estimate of drug-likeness (QED) is 0.689. The highest BCUT2D eigenvalue weighted by Crippen LogP contribution is 2.46. The second-order valence-corrected chi connectivity index (χ2v) is 22.7. The van der Waals surface area contributed by atoms with Crippen molar-refractivity contribution in [1.29, 1.82) is 0 Å². The molecule has 0 spiro atoms. The molecule has 1 aliphatic rings. The third kappa shape index (κ3) is 4.35. The molecule has 0 amide bonds. The maximum absolute atomic E-state index is 6.62. The number of hydrogen-bond acceptors (Lipinski definition) is 4. The van der Waals surface area contributed by atoms with E-state index in [-0.39, 0.29) is 5.04 Å². The van der Waals surface area contributed by atoms with Crippen molar-refractivity contribution >= 4 is 34.2 Å². The molecule has 1 fully saturated rings. The lowest BCUT2D eigenvalue weighted by Crippen LogP contribution is -2.67. The Morgan fingerprint density at radius 3 is 1.25 bits per heavy atom. The Labute approximate surface area is 129 Å². The summed E-state index contributed by atoms with van der Waals surface area (Å²) in [5.41, 5.74) is 0. The Kier molecular flexibility index (Phi) is 5.07. The molecule has 0 atom stereocenters. The number of rotatable bonds is 2. The average Bonchev–Trinajstić information content (AvgIpc) is 2.08. The van der Waals surface area contributed by atoms with Crippen molar-refractivity contribution in [1.82, 2.24) is 0 Å². The normalized spacial score (nSPS) is 28.5. The van der Waals surface area contributed by atoms with Gasteiger partial charge in [-0.25, -0.2) is 0 Å². The minimum absolute atomic E-state index is 0.0390. The first-order valence-electron chi connectivity index (χ1n) is 7.44. The molecular formula is C12H32O4Si4. The first-order valence-corrected chi connectivity index (χ1v) is 18.2. The number of hydrogen-bond donors (Lipinski definition) is 0. The summed E-state index contributed by atoms with van der Waals surface area (Å²) in [6.07, 6.45) is 1.03. The van der Waals surface area contributed by atoms with Crippen LogP contribution in [-0.2, 0) is 16.5 Å². The van der Waals surface area contributed by atoms with Crippen molar-refractivity contribution in [2.24, 2.45) is 0 Å². The molecule has 1 aliphatic heterocycles. The van der Waals surface area contributed by atoms with Gasteiger partial charge in [-0.15, -0.1) is 0 Å². The van der Waals surface area contributed by atoms with E-state index >= 15 is 0 Å². The van der Waals surface area contributed by atoms with E-state index in [0.29, 0.717) is 0 Å². The maximum atomic E-state index is 6.62. The van der Waals surface area contributed by atoms with E-state index in [4.69, 9.17) is 16.5 Å². The van der Waals surface area contributed by atoms with Gasteiger partial charge in [0.1, 0.15) is 0 Å². The molecule has 0 radical (unpaired) electrons. The van der Waals surface area contributed by atoms with E-state index in [1.165, 1.54) is 0 Å². The van der Waals surface area contributed by atoms with Gasteiger partial charge in [0.15, 0.2) is 0 Å².